The largest absolute Gasteiger partial charge is 0.480 e. The summed E-state index contributed by atoms with van der Waals surface area (Å²) in [7, 11) is 1.64. The second-order valence-corrected chi connectivity index (χ2v) is 4.60. The van der Waals surface area contributed by atoms with E-state index < -0.39 is 0 Å². The van der Waals surface area contributed by atoms with Crippen molar-refractivity contribution >= 4 is 17.6 Å². The lowest BCUT2D eigenvalue weighted by Gasteiger charge is -2.09. The SMILES string of the molecule is CC.COc1ncc(C)cc1NSC1CC1. The number of ether oxygens (including phenoxy) is 1. The molecule has 1 aromatic rings. The van der Waals surface area contributed by atoms with Crippen LogP contribution in [0.1, 0.15) is 32.3 Å². The molecule has 1 N–H and O–H groups in total. The first-order valence-corrected chi connectivity index (χ1v) is 6.60. The smallest absolute Gasteiger partial charge is 0.237 e. The summed E-state index contributed by atoms with van der Waals surface area (Å²) in [5, 5.41) is 0.778. The van der Waals surface area contributed by atoms with Crippen molar-refractivity contribution in [3.8, 4) is 5.88 Å². The maximum atomic E-state index is 5.17. The van der Waals surface area contributed by atoms with Crippen molar-refractivity contribution in [1.29, 1.82) is 0 Å². The van der Waals surface area contributed by atoms with Crippen LogP contribution in [0, 0.1) is 6.92 Å². The summed E-state index contributed by atoms with van der Waals surface area (Å²) in [6.45, 7) is 6.03. The van der Waals surface area contributed by atoms with E-state index in [1.165, 1.54) is 12.8 Å². The Balaban J connectivity index is 0.000000606. The number of pyridine rings is 1. The molecule has 0 saturated heterocycles. The molecule has 0 bridgehead atoms. The zero-order valence-electron chi connectivity index (χ0n) is 10.4. The van der Waals surface area contributed by atoms with Crippen molar-refractivity contribution in [1.82, 2.24) is 4.98 Å². The molecule has 3 nitrogen and oxygen atoms in total. The van der Waals surface area contributed by atoms with Gasteiger partial charge in [-0.3, -0.25) is 0 Å². The van der Waals surface area contributed by atoms with Crippen LogP contribution in [0.25, 0.3) is 0 Å². The minimum absolute atomic E-state index is 0.670. The van der Waals surface area contributed by atoms with E-state index in [4.69, 9.17) is 4.74 Å². The number of rotatable bonds is 4. The van der Waals surface area contributed by atoms with Gasteiger partial charge in [0.25, 0.3) is 0 Å². The molecule has 0 spiro atoms. The average molecular weight is 240 g/mol. The van der Waals surface area contributed by atoms with Gasteiger partial charge in [-0.15, -0.1) is 0 Å². The third-order valence-corrected chi connectivity index (χ3v) is 3.18. The highest BCUT2D eigenvalue weighted by molar-refractivity contribution is 8.01. The van der Waals surface area contributed by atoms with Gasteiger partial charge in [0.1, 0.15) is 5.69 Å². The molecule has 90 valence electrons. The molecule has 0 aliphatic heterocycles. The Morgan fingerprint density at radius 1 is 1.44 bits per heavy atom. The monoisotopic (exact) mass is 240 g/mol. The average Bonchev–Trinajstić information content (AvgIpc) is 3.13. The summed E-state index contributed by atoms with van der Waals surface area (Å²) < 4.78 is 8.46. The van der Waals surface area contributed by atoms with Gasteiger partial charge < -0.3 is 9.46 Å². The molecule has 0 unspecified atom stereocenters. The fraction of sp³-hybridized carbons (Fsp3) is 0.583. The Kier molecular flexibility index (Phi) is 5.46. The molecule has 0 aromatic carbocycles. The highest BCUT2D eigenvalue weighted by Crippen LogP contribution is 2.36. The lowest BCUT2D eigenvalue weighted by atomic mass is 10.3. The van der Waals surface area contributed by atoms with Gasteiger partial charge in [-0.05, 0) is 43.3 Å². The minimum atomic E-state index is 0.670. The molecule has 1 saturated carbocycles. The number of nitrogens with zero attached hydrogens (tertiary/aromatic N) is 1. The molecule has 4 heteroatoms. The number of aryl methyl sites for hydroxylation is 1. The van der Waals surface area contributed by atoms with E-state index in [1.54, 1.807) is 19.1 Å². The van der Waals surface area contributed by atoms with Crippen LogP contribution < -0.4 is 9.46 Å². The summed E-state index contributed by atoms with van der Waals surface area (Å²) >= 11 is 1.76. The van der Waals surface area contributed by atoms with Crippen LogP contribution in [0.15, 0.2) is 12.3 Å². The highest BCUT2D eigenvalue weighted by atomic mass is 32.2. The second-order valence-electron chi connectivity index (χ2n) is 3.49. The van der Waals surface area contributed by atoms with Crippen LogP contribution in [0.3, 0.4) is 0 Å². The molecule has 0 radical (unpaired) electrons. The van der Waals surface area contributed by atoms with Gasteiger partial charge in [-0.1, -0.05) is 13.8 Å². The van der Waals surface area contributed by atoms with E-state index in [0.717, 1.165) is 16.5 Å². The highest BCUT2D eigenvalue weighted by Gasteiger charge is 2.22. The zero-order chi connectivity index (χ0) is 12.0. The molecule has 1 aliphatic carbocycles. The van der Waals surface area contributed by atoms with Crippen LogP contribution in [-0.4, -0.2) is 17.3 Å². The Morgan fingerprint density at radius 3 is 2.69 bits per heavy atom. The molecule has 1 fully saturated rings. The molecule has 0 amide bonds. The van der Waals surface area contributed by atoms with Gasteiger partial charge in [0.15, 0.2) is 0 Å². The molecule has 1 aliphatic rings. The van der Waals surface area contributed by atoms with Gasteiger partial charge in [0.2, 0.25) is 5.88 Å². The number of hydrogen-bond acceptors (Lipinski definition) is 4. The van der Waals surface area contributed by atoms with Gasteiger partial charge in [0, 0.05) is 11.4 Å². The topological polar surface area (TPSA) is 34.1 Å². The van der Waals surface area contributed by atoms with Crippen LogP contribution in [0.2, 0.25) is 0 Å². The fourth-order valence-corrected chi connectivity index (χ4v) is 1.94. The van der Waals surface area contributed by atoms with Crippen LogP contribution in [0.4, 0.5) is 5.69 Å². The Labute approximate surface area is 102 Å². The first kappa shape index (κ1) is 13.2. The Hall–Kier alpha value is -0.900. The predicted octanol–water partition coefficient (Wildman–Crippen LogP) is 3.65. The maximum Gasteiger partial charge on any atom is 0.237 e. The van der Waals surface area contributed by atoms with E-state index >= 15 is 0 Å². The van der Waals surface area contributed by atoms with Crippen LogP contribution >= 0.6 is 11.9 Å². The van der Waals surface area contributed by atoms with Crippen molar-refractivity contribution in [3.05, 3.63) is 17.8 Å². The third kappa shape index (κ3) is 3.93. The molecule has 2 rings (SSSR count). The normalized spacial score (nSPS) is 13.8. The maximum absolute atomic E-state index is 5.17. The van der Waals surface area contributed by atoms with Crippen LogP contribution in [0.5, 0.6) is 5.88 Å². The molecule has 0 atom stereocenters. The molecular formula is C12H20N2OS. The first-order chi connectivity index (χ1) is 7.79. The Bertz CT molecular complexity index is 327. The van der Waals surface area contributed by atoms with Crippen LogP contribution in [-0.2, 0) is 0 Å². The standard InChI is InChI=1S/C10H14N2OS.C2H6/c1-7-5-9(10(13-2)11-6-7)12-14-8-3-4-8;1-2/h5-6,8,12H,3-4H2,1-2H3;1-2H3. The molecular weight excluding hydrogens is 220 g/mol. The fourth-order valence-electron chi connectivity index (χ4n) is 1.13. The first-order valence-electron chi connectivity index (χ1n) is 5.72. The van der Waals surface area contributed by atoms with E-state index in [1.807, 2.05) is 27.0 Å². The summed E-state index contributed by atoms with van der Waals surface area (Å²) in [4.78, 5) is 4.20. The van der Waals surface area contributed by atoms with E-state index in [9.17, 15) is 0 Å². The van der Waals surface area contributed by atoms with E-state index in [2.05, 4.69) is 15.8 Å². The second kappa shape index (κ2) is 6.63. The summed E-state index contributed by atoms with van der Waals surface area (Å²) in [6, 6.07) is 2.06. The van der Waals surface area contributed by atoms with Crippen molar-refractivity contribution in [2.45, 2.75) is 38.9 Å². The molecule has 16 heavy (non-hydrogen) atoms. The summed E-state index contributed by atoms with van der Waals surface area (Å²) in [5.74, 6) is 0.670. The number of anilines is 1. The number of aromatic nitrogens is 1. The Morgan fingerprint density at radius 2 is 2.12 bits per heavy atom. The predicted molar refractivity (Wildman–Crippen MR) is 71.1 cm³/mol. The number of methoxy groups -OCH3 is 1. The third-order valence-electron chi connectivity index (χ3n) is 2.04. The van der Waals surface area contributed by atoms with E-state index in [0.29, 0.717) is 5.88 Å². The van der Waals surface area contributed by atoms with Crippen molar-refractivity contribution in [2.24, 2.45) is 0 Å². The van der Waals surface area contributed by atoms with Gasteiger partial charge in [-0.2, -0.15) is 0 Å². The van der Waals surface area contributed by atoms with E-state index in [-0.39, 0.29) is 0 Å². The molecule has 1 heterocycles. The number of nitrogens with one attached hydrogen (secondary N) is 1. The summed E-state index contributed by atoms with van der Waals surface area (Å²) in [6.07, 6.45) is 4.45. The van der Waals surface area contributed by atoms with Gasteiger partial charge in [-0.25, -0.2) is 4.98 Å². The van der Waals surface area contributed by atoms with Gasteiger partial charge in [0.05, 0.1) is 7.11 Å². The quantitative estimate of drug-likeness (QED) is 0.815. The van der Waals surface area contributed by atoms with Crippen molar-refractivity contribution < 1.29 is 4.74 Å². The molecule has 1 aromatic heterocycles. The minimum Gasteiger partial charge on any atom is -0.480 e. The van der Waals surface area contributed by atoms with Crippen molar-refractivity contribution in [2.75, 3.05) is 11.8 Å². The zero-order valence-corrected chi connectivity index (χ0v) is 11.2. The lowest BCUT2D eigenvalue weighted by molar-refractivity contribution is 0.400. The van der Waals surface area contributed by atoms with Gasteiger partial charge >= 0.3 is 0 Å². The summed E-state index contributed by atoms with van der Waals surface area (Å²) in [5.41, 5.74) is 2.12. The number of hydrogen-bond donors (Lipinski definition) is 1. The lowest BCUT2D eigenvalue weighted by Crippen LogP contribution is -1.96. The van der Waals surface area contributed by atoms with Crippen molar-refractivity contribution in [3.63, 3.8) is 0 Å².